The van der Waals surface area contributed by atoms with Crippen LogP contribution in [0.4, 0.5) is 5.69 Å². The Labute approximate surface area is 167 Å². The van der Waals surface area contributed by atoms with Gasteiger partial charge in [-0.25, -0.2) is 0 Å². The summed E-state index contributed by atoms with van der Waals surface area (Å²) in [6.45, 7) is 0. The average Bonchev–Trinajstić information content (AvgIpc) is 2.58. The molecular weight excluding hydrogens is 474 g/mol. The molecule has 132 valence electrons. The molecule has 0 amide bonds. The number of hydrogen-bond acceptors (Lipinski definition) is 5. The number of benzene rings is 2. The van der Waals surface area contributed by atoms with E-state index in [0.29, 0.717) is 21.5 Å². The molecule has 0 fully saturated rings. The maximum absolute atomic E-state index is 9.97. The van der Waals surface area contributed by atoms with Gasteiger partial charge in [-0.2, -0.15) is 5.10 Å². The molecule has 0 aliphatic heterocycles. The van der Waals surface area contributed by atoms with Crippen molar-refractivity contribution in [1.29, 1.82) is 0 Å². The van der Waals surface area contributed by atoms with Crippen molar-refractivity contribution in [2.45, 2.75) is 0 Å². The lowest BCUT2D eigenvalue weighted by atomic mass is 10.2. The van der Waals surface area contributed by atoms with Crippen LogP contribution in [0.25, 0.3) is 0 Å². The number of hydrazone groups is 1. The SMILES string of the molecule is COc1ccc(NC(=S)NN=Cc2cc(Br)cc(Br)c2O)cc1OC. The van der Waals surface area contributed by atoms with Gasteiger partial charge in [-0.1, -0.05) is 15.9 Å². The monoisotopic (exact) mass is 487 g/mol. The average molecular weight is 489 g/mol. The number of anilines is 1. The summed E-state index contributed by atoms with van der Waals surface area (Å²) in [6.07, 6.45) is 1.47. The van der Waals surface area contributed by atoms with Gasteiger partial charge in [-0.05, 0) is 52.4 Å². The third-order valence-corrected chi connectivity index (χ3v) is 4.32. The fourth-order valence-corrected chi connectivity index (χ4v) is 3.35. The molecule has 0 radical (unpaired) electrons. The Morgan fingerprint density at radius 2 is 1.88 bits per heavy atom. The van der Waals surface area contributed by atoms with E-state index in [-0.39, 0.29) is 10.9 Å². The number of phenols is 1. The van der Waals surface area contributed by atoms with Crippen LogP contribution in [-0.2, 0) is 0 Å². The highest BCUT2D eigenvalue weighted by Crippen LogP contribution is 2.31. The molecule has 0 aliphatic rings. The van der Waals surface area contributed by atoms with Crippen LogP contribution in [0, 0.1) is 0 Å². The summed E-state index contributed by atoms with van der Waals surface area (Å²) in [5, 5.41) is 17.3. The number of hydrogen-bond donors (Lipinski definition) is 3. The predicted molar refractivity (Wildman–Crippen MR) is 110 cm³/mol. The lowest BCUT2D eigenvalue weighted by molar-refractivity contribution is 0.355. The van der Waals surface area contributed by atoms with Crippen molar-refractivity contribution < 1.29 is 14.6 Å². The quantitative estimate of drug-likeness (QED) is 0.332. The molecule has 0 atom stereocenters. The maximum atomic E-state index is 9.97. The van der Waals surface area contributed by atoms with Crippen LogP contribution >= 0.6 is 44.1 Å². The summed E-state index contributed by atoms with van der Waals surface area (Å²) in [5.74, 6) is 1.30. The number of nitrogens with zero attached hydrogens (tertiary/aromatic N) is 1. The number of ether oxygens (including phenoxy) is 2. The van der Waals surface area contributed by atoms with E-state index < -0.39 is 0 Å². The van der Waals surface area contributed by atoms with E-state index in [1.54, 1.807) is 44.6 Å². The molecule has 0 aliphatic carbocycles. The summed E-state index contributed by atoms with van der Waals surface area (Å²) >= 11 is 11.8. The highest BCUT2D eigenvalue weighted by molar-refractivity contribution is 9.11. The number of thiocarbonyl (C=S) groups is 1. The molecule has 2 rings (SSSR count). The minimum absolute atomic E-state index is 0.0903. The lowest BCUT2D eigenvalue weighted by Crippen LogP contribution is -2.23. The van der Waals surface area contributed by atoms with Gasteiger partial charge in [-0.15, -0.1) is 0 Å². The van der Waals surface area contributed by atoms with Crippen molar-refractivity contribution in [3.63, 3.8) is 0 Å². The number of nitrogens with one attached hydrogen (secondary N) is 2. The van der Waals surface area contributed by atoms with E-state index in [1.807, 2.05) is 0 Å². The van der Waals surface area contributed by atoms with Crippen molar-refractivity contribution in [3.8, 4) is 17.2 Å². The van der Waals surface area contributed by atoms with Crippen LogP contribution in [0.15, 0.2) is 44.4 Å². The molecule has 0 saturated carbocycles. The van der Waals surface area contributed by atoms with Crippen LogP contribution < -0.4 is 20.2 Å². The van der Waals surface area contributed by atoms with Crippen LogP contribution in [0.1, 0.15) is 5.56 Å². The minimum atomic E-state index is 0.0903. The standard InChI is InChI=1S/C16H15Br2N3O3S/c1-23-13-4-3-11(7-14(13)24-2)20-16(25)21-19-8-9-5-10(17)6-12(18)15(9)22/h3-8,22H,1-2H3,(H2,20,21,25). The van der Waals surface area contributed by atoms with Gasteiger partial charge in [0, 0.05) is 21.8 Å². The van der Waals surface area contributed by atoms with Gasteiger partial charge in [0.05, 0.1) is 24.9 Å². The van der Waals surface area contributed by atoms with Gasteiger partial charge < -0.3 is 19.9 Å². The molecule has 6 nitrogen and oxygen atoms in total. The zero-order chi connectivity index (χ0) is 18.4. The molecule has 9 heteroatoms. The van der Waals surface area contributed by atoms with Crippen LogP contribution in [0.3, 0.4) is 0 Å². The second kappa shape index (κ2) is 9.02. The Morgan fingerprint density at radius 1 is 1.16 bits per heavy atom. The number of phenolic OH excluding ortho intramolecular Hbond substituents is 1. The summed E-state index contributed by atoms with van der Waals surface area (Å²) in [7, 11) is 3.13. The van der Waals surface area contributed by atoms with E-state index in [9.17, 15) is 5.11 Å². The van der Waals surface area contributed by atoms with Gasteiger partial charge in [0.1, 0.15) is 5.75 Å². The second-order valence-electron chi connectivity index (χ2n) is 4.72. The van der Waals surface area contributed by atoms with Crippen molar-refractivity contribution in [2.75, 3.05) is 19.5 Å². The zero-order valence-corrected chi connectivity index (χ0v) is 17.3. The van der Waals surface area contributed by atoms with Gasteiger partial charge in [0.2, 0.25) is 0 Å². The van der Waals surface area contributed by atoms with E-state index in [1.165, 1.54) is 6.21 Å². The summed E-state index contributed by atoms with van der Waals surface area (Å²) in [6, 6.07) is 8.80. The molecule has 0 bridgehead atoms. The fraction of sp³-hybridized carbons (Fsp3) is 0.125. The van der Waals surface area contributed by atoms with Crippen LogP contribution in [0.5, 0.6) is 17.2 Å². The van der Waals surface area contributed by atoms with Crippen LogP contribution in [-0.4, -0.2) is 30.7 Å². The Morgan fingerprint density at radius 3 is 2.56 bits per heavy atom. The van der Waals surface area contributed by atoms with Crippen molar-refractivity contribution in [1.82, 2.24) is 5.43 Å². The number of rotatable bonds is 5. The zero-order valence-electron chi connectivity index (χ0n) is 13.3. The minimum Gasteiger partial charge on any atom is -0.506 e. The highest BCUT2D eigenvalue weighted by Gasteiger charge is 2.07. The fourth-order valence-electron chi connectivity index (χ4n) is 1.92. The van der Waals surface area contributed by atoms with Gasteiger partial charge in [0.25, 0.3) is 0 Å². The van der Waals surface area contributed by atoms with E-state index >= 15 is 0 Å². The first-order valence-electron chi connectivity index (χ1n) is 6.94. The van der Waals surface area contributed by atoms with Gasteiger partial charge in [0.15, 0.2) is 16.6 Å². The first-order valence-corrected chi connectivity index (χ1v) is 8.94. The molecule has 0 spiro atoms. The molecule has 0 heterocycles. The van der Waals surface area contributed by atoms with Gasteiger partial charge in [-0.3, -0.25) is 5.43 Å². The van der Waals surface area contributed by atoms with Crippen molar-refractivity contribution in [2.24, 2.45) is 5.10 Å². The molecule has 2 aromatic rings. The Hall–Kier alpha value is -1.84. The number of methoxy groups -OCH3 is 2. The Kier molecular flexibility index (Phi) is 7.03. The molecule has 0 saturated heterocycles. The highest BCUT2D eigenvalue weighted by atomic mass is 79.9. The summed E-state index contributed by atoms with van der Waals surface area (Å²) < 4.78 is 11.8. The molecular formula is C16H15Br2N3O3S. The summed E-state index contributed by atoms with van der Waals surface area (Å²) in [4.78, 5) is 0. The van der Waals surface area contributed by atoms with E-state index in [0.717, 1.165) is 10.2 Å². The topological polar surface area (TPSA) is 75.1 Å². The molecule has 2 aromatic carbocycles. The molecule has 3 N–H and O–H groups in total. The van der Waals surface area contributed by atoms with E-state index in [4.69, 9.17) is 21.7 Å². The number of halogens is 2. The third kappa shape index (κ3) is 5.32. The lowest BCUT2D eigenvalue weighted by Gasteiger charge is -2.11. The Bertz CT molecular complexity index is 815. The van der Waals surface area contributed by atoms with Crippen molar-refractivity contribution >= 4 is 61.1 Å². The predicted octanol–water partition coefficient (Wildman–Crippen LogP) is 4.25. The van der Waals surface area contributed by atoms with Gasteiger partial charge >= 0.3 is 0 Å². The first kappa shape index (κ1) is 19.5. The van der Waals surface area contributed by atoms with Crippen molar-refractivity contribution in [3.05, 3.63) is 44.8 Å². The third-order valence-electron chi connectivity index (χ3n) is 3.07. The molecule has 25 heavy (non-hydrogen) atoms. The molecule has 0 unspecified atom stereocenters. The smallest absolute Gasteiger partial charge is 0.191 e. The molecule has 0 aromatic heterocycles. The Balaban J connectivity index is 2.01. The van der Waals surface area contributed by atoms with E-state index in [2.05, 4.69) is 47.7 Å². The normalized spacial score (nSPS) is 10.6. The summed E-state index contributed by atoms with van der Waals surface area (Å²) in [5.41, 5.74) is 3.94. The van der Waals surface area contributed by atoms with Crippen LogP contribution in [0.2, 0.25) is 0 Å². The largest absolute Gasteiger partial charge is 0.506 e. The number of aromatic hydroxyl groups is 1. The maximum Gasteiger partial charge on any atom is 0.191 e. The second-order valence-corrected chi connectivity index (χ2v) is 6.90. The first-order chi connectivity index (χ1) is 11.9.